The summed E-state index contributed by atoms with van der Waals surface area (Å²) in [5.74, 6) is -0.605. The van der Waals surface area contributed by atoms with Crippen molar-refractivity contribution in [2.45, 2.75) is 18.8 Å². The highest BCUT2D eigenvalue weighted by Gasteiger charge is 2.45. The molecule has 1 unspecified atom stereocenters. The summed E-state index contributed by atoms with van der Waals surface area (Å²) in [6, 6.07) is 12.4. The van der Waals surface area contributed by atoms with Gasteiger partial charge in [-0.3, -0.25) is 24.4 Å². The molecule has 0 saturated carbocycles. The first-order valence-corrected chi connectivity index (χ1v) is 14.3. The fourth-order valence-electron chi connectivity index (χ4n) is 5.99. The number of aliphatic imine (C=N–C) groups is 1. The Kier molecular flexibility index (Phi) is 9.20. The van der Waals surface area contributed by atoms with Crippen LogP contribution in [0.4, 0.5) is 5.69 Å². The van der Waals surface area contributed by atoms with E-state index in [-0.39, 0.29) is 18.9 Å². The average molecular weight is 579 g/mol. The lowest BCUT2D eigenvalue weighted by molar-refractivity contribution is -0.138. The molecule has 11 heteroatoms. The molecule has 3 heterocycles. The van der Waals surface area contributed by atoms with Crippen molar-refractivity contribution >= 4 is 29.2 Å². The molecule has 5 rings (SSSR count). The van der Waals surface area contributed by atoms with Crippen LogP contribution in [0.5, 0.6) is 5.75 Å². The number of piperazine rings is 1. The minimum absolute atomic E-state index is 0.153. The number of morpholine rings is 1. The van der Waals surface area contributed by atoms with Gasteiger partial charge in [-0.05, 0) is 48.4 Å². The predicted molar refractivity (Wildman–Crippen MR) is 156 cm³/mol. The Morgan fingerprint density at radius 3 is 2.33 bits per heavy atom. The first kappa shape index (κ1) is 29.7. The number of carbonyl (C=O) groups excluding carboxylic acids is 2. The van der Waals surface area contributed by atoms with Gasteiger partial charge < -0.3 is 24.2 Å². The number of aliphatic carboxylic acids is 1. The van der Waals surface area contributed by atoms with Gasteiger partial charge in [0.2, 0.25) is 5.91 Å². The Morgan fingerprint density at radius 1 is 0.976 bits per heavy atom. The van der Waals surface area contributed by atoms with Gasteiger partial charge in [0.25, 0.3) is 0 Å². The number of hydrogen-bond donors (Lipinski definition) is 1. The molecular weight excluding hydrogens is 540 g/mol. The highest BCUT2D eigenvalue weighted by Crippen LogP contribution is 2.48. The molecule has 3 aliphatic heterocycles. The first-order chi connectivity index (χ1) is 20.3. The van der Waals surface area contributed by atoms with Crippen molar-refractivity contribution in [1.82, 2.24) is 14.7 Å². The van der Waals surface area contributed by atoms with Gasteiger partial charge in [0.1, 0.15) is 12.4 Å². The maximum Gasteiger partial charge on any atom is 0.338 e. The number of methoxy groups -OCH3 is 1. The zero-order valence-corrected chi connectivity index (χ0v) is 24.2. The number of esters is 1. The molecule has 11 nitrogen and oxygen atoms in total. The third-order valence-electron chi connectivity index (χ3n) is 8.43. The molecule has 0 spiro atoms. The van der Waals surface area contributed by atoms with E-state index in [9.17, 15) is 19.5 Å². The number of carboxylic acids is 1. The van der Waals surface area contributed by atoms with Crippen LogP contribution in [0, 0.1) is 0 Å². The van der Waals surface area contributed by atoms with Crippen LogP contribution in [0.1, 0.15) is 34.8 Å². The molecule has 1 amide bonds. The van der Waals surface area contributed by atoms with Gasteiger partial charge in [-0.2, -0.15) is 0 Å². The normalized spacial score (nSPS) is 21.0. The van der Waals surface area contributed by atoms with Crippen LogP contribution in [0.3, 0.4) is 0 Å². The van der Waals surface area contributed by atoms with E-state index in [1.807, 2.05) is 24.0 Å². The summed E-state index contributed by atoms with van der Waals surface area (Å²) in [6.45, 7) is 8.86. The Hall–Kier alpha value is -3.80. The molecule has 224 valence electrons. The monoisotopic (exact) mass is 578 g/mol. The van der Waals surface area contributed by atoms with Crippen molar-refractivity contribution < 1.29 is 33.7 Å². The van der Waals surface area contributed by atoms with E-state index < -0.39 is 17.4 Å². The number of nitrogens with zero attached hydrogens (tertiary/aromatic N) is 4. The molecule has 42 heavy (non-hydrogen) atoms. The van der Waals surface area contributed by atoms with E-state index in [1.165, 1.54) is 0 Å². The van der Waals surface area contributed by atoms with Gasteiger partial charge in [0.15, 0.2) is 0 Å². The molecule has 2 fully saturated rings. The van der Waals surface area contributed by atoms with Gasteiger partial charge in [0.05, 0.1) is 50.0 Å². The number of fused-ring (bicyclic) bond motifs is 1. The fourth-order valence-corrected chi connectivity index (χ4v) is 5.99. The third kappa shape index (κ3) is 6.33. The van der Waals surface area contributed by atoms with Gasteiger partial charge in [-0.15, -0.1) is 0 Å². The van der Waals surface area contributed by atoms with Crippen molar-refractivity contribution in [2.75, 3.05) is 79.3 Å². The summed E-state index contributed by atoms with van der Waals surface area (Å²) < 4.78 is 16.3. The van der Waals surface area contributed by atoms with Crippen LogP contribution in [0.15, 0.2) is 47.5 Å². The topological polar surface area (TPSA) is 121 Å². The van der Waals surface area contributed by atoms with E-state index in [4.69, 9.17) is 14.2 Å². The van der Waals surface area contributed by atoms with Gasteiger partial charge in [-0.1, -0.05) is 12.1 Å². The quantitative estimate of drug-likeness (QED) is 0.423. The molecule has 3 aliphatic rings. The van der Waals surface area contributed by atoms with Gasteiger partial charge in [-0.25, -0.2) is 4.79 Å². The average Bonchev–Trinajstić information content (AvgIpc) is 3.28. The Labute approximate surface area is 245 Å². The van der Waals surface area contributed by atoms with E-state index in [1.54, 1.807) is 37.4 Å². The maximum absolute atomic E-state index is 12.8. The van der Waals surface area contributed by atoms with E-state index in [0.717, 1.165) is 37.3 Å². The minimum atomic E-state index is -0.965. The number of hydrogen-bond acceptors (Lipinski definition) is 9. The van der Waals surface area contributed by atoms with Crippen LogP contribution in [-0.4, -0.2) is 123 Å². The number of carbonyl (C=O) groups is 3. The van der Waals surface area contributed by atoms with Crippen molar-refractivity contribution in [3.63, 3.8) is 0 Å². The highest BCUT2D eigenvalue weighted by atomic mass is 16.5. The minimum Gasteiger partial charge on any atom is -0.497 e. The Morgan fingerprint density at radius 2 is 1.67 bits per heavy atom. The summed E-state index contributed by atoms with van der Waals surface area (Å²) in [5, 5.41) is 9.84. The first-order valence-electron chi connectivity index (χ1n) is 14.3. The van der Waals surface area contributed by atoms with Crippen LogP contribution >= 0.6 is 0 Å². The van der Waals surface area contributed by atoms with Crippen LogP contribution in [0.25, 0.3) is 0 Å². The lowest BCUT2D eigenvalue weighted by Crippen LogP contribution is -2.52. The molecule has 2 saturated heterocycles. The van der Waals surface area contributed by atoms with E-state index in [0.29, 0.717) is 62.1 Å². The van der Waals surface area contributed by atoms with E-state index in [2.05, 4.69) is 14.8 Å². The predicted octanol–water partition coefficient (Wildman–Crippen LogP) is 2.20. The summed E-state index contributed by atoms with van der Waals surface area (Å²) in [7, 11) is 1.57. The second kappa shape index (κ2) is 13.0. The summed E-state index contributed by atoms with van der Waals surface area (Å²) in [5.41, 5.74) is 2.32. The van der Waals surface area contributed by atoms with Crippen LogP contribution < -0.4 is 4.74 Å². The number of carboxylic acid groups (broad SMARTS) is 1. The van der Waals surface area contributed by atoms with Crippen molar-refractivity contribution in [2.24, 2.45) is 4.99 Å². The standard InChI is InChI=1S/C31H38N4O7/c1-22-31(20-29(37)38,26-19-25(40-2)7-8-27(26)32-22)24-5-3-23(4-6-24)30(39)42-18-13-33-9-11-34(12-10-33)21-28(36)35-14-16-41-17-15-35/h3-8,19H,9-18,20-21H2,1-2H3,(H,37,38). The maximum atomic E-state index is 12.8. The van der Waals surface area contributed by atoms with Crippen molar-refractivity contribution in [3.8, 4) is 5.75 Å². The smallest absolute Gasteiger partial charge is 0.338 e. The van der Waals surface area contributed by atoms with Crippen LogP contribution in [-0.2, 0) is 24.5 Å². The fraction of sp³-hybridized carbons (Fsp3) is 0.484. The zero-order valence-electron chi connectivity index (χ0n) is 24.2. The molecule has 2 aromatic carbocycles. The highest BCUT2D eigenvalue weighted by molar-refractivity contribution is 6.05. The van der Waals surface area contributed by atoms with E-state index >= 15 is 0 Å². The second-order valence-electron chi connectivity index (χ2n) is 10.9. The molecule has 2 aromatic rings. The molecule has 0 bridgehead atoms. The molecule has 1 atom stereocenters. The largest absolute Gasteiger partial charge is 0.497 e. The molecular formula is C31H38N4O7. The number of benzene rings is 2. The van der Waals surface area contributed by atoms with Gasteiger partial charge >= 0.3 is 11.9 Å². The lowest BCUT2D eigenvalue weighted by Gasteiger charge is -2.35. The zero-order chi connectivity index (χ0) is 29.7. The van der Waals surface area contributed by atoms with Crippen molar-refractivity contribution in [3.05, 3.63) is 59.2 Å². The number of amides is 1. The SMILES string of the molecule is COc1ccc2c(c1)C(CC(=O)O)(c1ccc(C(=O)OCCN3CCN(CC(=O)N4CCOCC4)CC3)cc1)C(C)=N2. The third-order valence-corrected chi connectivity index (χ3v) is 8.43. The van der Waals surface area contributed by atoms with Crippen molar-refractivity contribution in [1.29, 1.82) is 0 Å². The molecule has 0 aromatic heterocycles. The number of ether oxygens (including phenoxy) is 3. The van der Waals surface area contributed by atoms with Crippen LogP contribution in [0.2, 0.25) is 0 Å². The molecule has 1 N–H and O–H groups in total. The van der Waals surface area contributed by atoms with Gasteiger partial charge in [0, 0.05) is 51.5 Å². The number of rotatable bonds is 10. The second-order valence-corrected chi connectivity index (χ2v) is 10.9. The molecule has 0 radical (unpaired) electrons. The Balaban J connectivity index is 1.14. The molecule has 0 aliphatic carbocycles. The summed E-state index contributed by atoms with van der Waals surface area (Å²) in [6.07, 6.45) is -0.180. The lowest BCUT2D eigenvalue weighted by atomic mass is 9.70. The Bertz CT molecular complexity index is 1330. The summed E-state index contributed by atoms with van der Waals surface area (Å²) in [4.78, 5) is 48.3. The summed E-state index contributed by atoms with van der Waals surface area (Å²) >= 11 is 0.